The molecule has 0 aliphatic rings. The Morgan fingerprint density at radius 3 is 2.44 bits per heavy atom. The summed E-state index contributed by atoms with van der Waals surface area (Å²) in [6, 6.07) is 9.28. The minimum Gasteiger partial charge on any atom is -0.387 e. The molecule has 0 heterocycles. The van der Waals surface area contributed by atoms with E-state index in [4.69, 9.17) is 4.55 Å². The highest BCUT2D eigenvalue weighted by molar-refractivity contribution is 7.85. The Hall–Kier alpha value is -0.950. The van der Waals surface area contributed by atoms with E-state index in [0.29, 0.717) is 19.5 Å². The van der Waals surface area contributed by atoms with E-state index in [1.165, 1.54) is 0 Å². The minimum absolute atomic E-state index is 0.251. The van der Waals surface area contributed by atoms with Crippen molar-refractivity contribution in [2.75, 3.05) is 25.9 Å². The number of rotatable bonds is 7. The molecule has 1 rings (SSSR count). The summed E-state index contributed by atoms with van der Waals surface area (Å²) in [4.78, 5) is 1.84. The van der Waals surface area contributed by atoms with Crippen LogP contribution >= 0.6 is 0 Å². The first-order valence-corrected chi connectivity index (χ1v) is 7.36. The first-order valence-electron chi connectivity index (χ1n) is 5.75. The zero-order valence-corrected chi connectivity index (χ0v) is 11.2. The zero-order valence-electron chi connectivity index (χ0n) is 10.4. The average Bonchev–Trinajstić information content (AvgIpc) is 2.28. The van der Waals surface area contributed by atoms with E-state index in [2.05, 4.69) is 0 Å². The van der Waals surface area contributed by atoms with E-state index >= 15 is 0 Å². The largest absolute Gasteiger partial charge is 0.387 e. The van der Waals surface area contributed by atoms with E-state index in [1.807, 2.05) is 35.2 Å². The van der Waals surface area contributed by atoms with Crippen molar-refractivity contribution in [3.8, 4) is 0 Å². The van der Waals surface area contributed by atoms with Gasteiger partial charge in [0.15, 0.2) is 0 Å². The van der Waals surface area contributed by atoms with Crippen molar-refractivity contribution < 1.29 is 18.1 Å². The molecule has 102 valence electrons. The van der Waals surface area contributed by atoms with Crippen LogP contribution in [0.4, 0.5) is 0 Å². The van der Waals surface area contributed by atoms with Crippen molar-refractivity contribution in [2.45, 2.75) is 12.5 Å². The summed E-state index contributed by atoms with van der Waals surface area (Å²) < 4.78 is 29.7. The molecule has 0 radical (unpaired) electrons. The molecule has 1 atom stereocenters. The third-order valence-electron chi connectivity index (χ3n) is 2.61. The monoisotopic (exact) mass is 273 g/mol. The molecule has 2 N–H and O–H groups in total. The van der Waals surface area contributed by atoms with Crippen molar-refractivity contribution in [1.29, 1.82) is 0 Å². The van der Waals surface area contributed by atoms with Crippen LogP contribution in [0.15, 0.2) is 30.3 Å². The highest BCUT2D eigenvalue weighted by atomic mass is 32.2. The number of aliphatic hydroxyl groups excluding tert-OH is 1. The van der Waals surface area contributed by atoms with Crippen LogP contribution in [0.1, 0.15) is 18.1 Å². The summed E-state index contributed by atoms with van der Waals surface area (Å²) in [7, 11) is -2.09. The molecule has 6 heteroatoms. The molecule has 5 nitrogen and oxygen atoms in total. The molecule has 0 fully saturated rings. The molecule has 0 saturated carbocycles. The van der Waals surface area contributed by atoms with Gasteiger partial charge in [-0.25, -0.2) is 0 Å². The quantitative estimate of drug-likeness (QED) is 0.723. The molecule has 0 amide bonds. The Balaban J connectivity index is 2.34. The maximum atomic E-state index is 10.5. The summed E-state index contributed by atoms with van der Waals surface area (Å²) >= 11 is 0. The van der Waals surface area contributed by atoms with Gasteiger partial charge in [-0.15, -0.1) is 0 Å². The normalized spacial score (nSPS) is 13.8. The lowest BCUT2D eigenvalue weighted by atomic mass is 10.1. The van der Waals surface area contributed by atoms with E-state index in [-0.39, 0.29) is 5.75 Å². The van der Waals surface area contributed by atoms with Crippen LogP contribution in [0.3, 0.4) is 0 Å². The molecule has 1 aromatic rings. The first kappa shape index (κ1) is 15.1. The fourth-order valence-electron chi connectivity index (χ4n) is 1.68. The van der Waals surface area contributed by atoms with Crippen LogP contribution in [0, 0.1) is 0 Å². The van der Waals surface area contributed by atoms with Crippen LogP contribution < -0.4 is 0 Å². The molecule has 0 saturated heterocycles. The minimum atomic E-state index is -3.89. The number of hydrogen-bond acceptors (Lipinski definition) is 4. The van der Waals surface area contributed by atoms with Crippen molar-refractivity contribution >= 4 is 10.1 Å². The average molecular weight is 273 g/mol. The molecule has 0 unspecified atom stereocenters. The Kier molecular flexibility index (Phi) is 5.74. The number of nitrogens with zero attached hydrogens (tertiary/aromatic N) is 1. The van der Waals surface area contributed by atoms with Gasteiger partial charge in [-0.2, -0.15) is 8.42 Å². The van der Waals surface area contributed by atoms with Crippen LogP contribution in [-0.4, -0.2) is 48.9 Å². The van der Waals surface area contributed by atoms with Gasteiger partial charge in [0.05, 0.1) is 11.9 Å². The number of benzene rings is 1. The molecule has 18 heavy (non-hydrogen) atoms. The fraction of sp³-hybridized carbons (Fsp3) is 0.500. The maximum Gasteiger partial charge on any atom is 0.264 e. The zero-order chi connectivity index (χ0) is 13.6. The fourth-order valence-corrected chi connectivity index (χ4v) is 2.18. The van der Waals surface area contributed by atoms with Gasteiger partial charge in [0.1, 0.15) is 0 Å². The predicted molar refractivity (Wildman–Crippen MR) is 69.9 cm³/mol. The Bertz CT molecular complexity index is 446. The van der Waals surface area contributed by atoms with Gasteiger partial charge >= 0.3 is 0 Å². The van der Waals surface area contributed by atoms with E-state index in [0.717, 1.165) is 5.56 Å². The number of likely N-dealkylation sites (N-methyl/N-ethyl adjacent to an activating group) is 1. The van der Waals surface area contributed by atoms with Gasteiger partial charge < -0.3 is 10.0 Å². The second-order valence-electron chi connectivity index (χ2n) is 4.33. The topological polar surface area (TPSA) is 77.8 Å². The summed E-state index contributed by atoms with van der Waals surface area (Å²) in [6.45, 7) is 0.930. The number of hydrogen-bond donors (Lipinski definition) is 2. The Morgan fingerprint density at radius 2 is 1.89 bits per heavy atom. The first-order chi connectivity index (χ1) is 8.38. The van der Waals surface area contributed by atoms with Gasteiger partial charge in [0, 0.05) is 6.54 Å². The summed E-state index contributed by atoms with van der Waals surface area (Å²) in [5.74, 6) is -0.251. The summed E-state index contributed by atoms with van der Waals surface area (Å²) in [5.41, 5.74) is 0.833. The van der Waals surface area contributed by atoms with Gasteiger partial charge in [-0.3, -0.25) is 4.55 Å². The lowest BCUT2D eigenvalue weighted by Gasteiger charge is -2.20. The van der Waals surface area contributed by atoms with Crippen LogP contribution in [-0.2, 0) is 10.1 Å². The predicted octanol–water partition coefficient (Wildman–Crippen LogP) is 0.930. The third kappa shape index (κ3) is 6.11. The lowest BCUT2D eigenvalue weighted by Crippen LogP contribution is -2.26. The van der Waals surface area contributed by atoms with Gasteiger partial charge in [-0.1, -0.05) is 30.3 Å². The van der Waals surface area contributed by atoms with Crippen LogP contribution in [0.5, 0.6) is 0 Å². The van der Waals surface area contributed by atoms with Crippen LogP contribution in [0.25, 0.3) is 0 Å². The van der Waals surface area contributed by atoms with Gasteiger partial charge in [0.25, 0.3) is 10.1 Å². The summed E-state index contributed by atoms with van der Waals surface area (Å²) in [5, 5.41) is 9.94. The molecule has 0 spiro atoms. The molecule has 0 bridgehead atoms. The van der Waals surface area contributed by atoms with Gasteiger partial charge in [0.2, 0.25) is 0 Å². The number of aliphatic hydroxyl groups is 1. The lowest BCUT2D eigenvalue weighted by molar-refractivity contribution is 0.127. The van der Waals surface area contributed by atoms with Crippen molar-refractivity contribution in [2.24, 2.45) is 0 Å². The van der Waals surface area contributed by atoms with E-state index in [9.17, 15) is 13.5 Å². The van der Waals surface area contributed by atoms with Gasteiger partial charge in [-0.05, 0) is 25.6 Å². The maximum absolute atomic E-state index is 10.5. The Labute approximate surface area is 108 Å². The smallest absolute Gasteiger partial charge is 0.264 e. The standard InChI is InChI=1S/C12H19NO4S/c1-13(8-5-9-18(15,16)17)10-12(14)11-6-3-2-4-7-11/h2-4,6-7,12,14H,5,8-10H2,1H3,(H,15,16,17)/t12-/m0/s1. The highest BCUT2D eigenvalue weighted by Gasteiger charge is 2.11. The summed E-state index contributed by atoms with van der Waals surface area (Å²) in [6.07, 6.45) is -0.251. The molecule has 0 aliphatic heterocycles. The van der Waals surface area contributed by atoms with Crippen LogP contribution in [0.2, 0.25) is 0 Å². The van der Waals surface area contributed by atoms with Crippen molar-refractivity contribution in [1.82, 2.24) is 4.90 Å². The van der Waals surface area contributed by atoms with Crippen molar-refractivity contribution in [3.63, 3.8) is 0 Å². The molecular formula is C12H19NO4S. The SMILES string of the molecule is CN(CCCS(=O)(=O)O)C[C@H](O)c1ccccc1. The van der Waals surface area contributed by atoms with E-state index in [1.54, 1.807) is 7.05 Å². The highest BCUT2D eigenvalue weighted by Crippen LogP contribution is 2.12. The second kappa shape index (κ2) is 6.84. The molecule has 1 aromatic carbocycles. The molecule has 0 aromatic heterocycles. The molecule has 0 aliphatic carbocycles. The van der Waals surface area contributed by atoms with E-state index < -0.39 is 16.2 Å². The Morgan fingerprint density at radius 1 is 1.28 bits per heavy atom. The van der Waals surface area contributed by atoms with Crippen molar-refractivity contribution in [3.05, 3.63) is 35.9 Å². The second-order valence-corrected chi connectivity index (χ2v) is 5.90. The molecular weight excluding hydrogens is 254 g/mol. The third-order valence-corrected chi connectivity index (χ3v) is 3.42.